The first-order valence-electron chi connectivity index (χ1n) is 8.37. The molecule has 0 aromatic carbocycles. The van der Waals surface area contributed by atoms with Gasteiger partial charge in [-0.2, -0.15) is 0 Å². The Hall–Kier alpha value is -1.09. The number of ether oxygens (including phenoxy) is 1. The summed E-state index contributed by atoms with van der Waals surface area (Å²) in [5.74, 6) is 2.57. The van der Waals surface area contributed by atoms with Gasteiger partial charge in [0.15, 0.2) is 0 Å². The van der Waals surface area contributed by atoms with Crippen molar-refractivity contribution in [2.45, 2.75) is 52.9 Å². The second kappa shape index (κ2) is 7.79. The molecule has 21 heavy (non-hydrogen) atoms. The number of hydrogen-bond donors (Lipinski definition) is 1. The second-order valence-corrected chi connectivity index (χ2v) is 6.36. The Balaban J connectivity index is 2.11. The van der Waals surface area contributed by atoms with Crippen LogP contribution in [0.1, 0.15) is 49.4 Å². The lowest BCUT2D eigenvalue weighted by Crippen LogP contribution is -2.32. The molecule has 2 atom stereocenters. The second-order valence-electron chi connectivity index (χ2n) is 6.36. The zero-order chi connectivity index (χ0) is 15.2. The molecule has 0 aliphatic heterocycles. The fourth-order valence-electron chi connectivity index (χ4n) is 3.68. The average molecular weight is 290 g/mol. The molecule has 1 N–H and O–H groups in total. The van der Waals surface area contributed by atoms with Gasteiger partial charge in [0.25, 0.3) is 0 Å². The number of aryl methyl sites for hydroxylation is 1. The molecule has 1 fully saturated rings. The Morgan fingerprint density at radius 3 is 2.62 bits per heavy atom. The van der Waals surface area contributed by atoms with Crippen LogP contribution in [0.25, 0.3) is 0 Å². The van der Waals surface area contributed by atoms with Crippen molar-refractivity contribution in [2.24, 2.45) is 11.8 Å². The van der Waals surface area contributed by atoms with Crippen molar-refractivity contribution in [1.82, 2.24) is 10.3 Å². The third-order valence-electron chi connectivity index (χ3n) is 4.93. The zero-order valence-corrected chi connectivity index (χ0v) is 14.0. The summed E-state index contributed by atoms with van der Waals surface area (Å²) in [7, 11) is 1.76. The Labute approximate surface area is 129 Å². The number of nitrogens with zero attached hydrogens (tertiary/aromatic N) is 1. The number of rotatable bonds is 6. The van der Waals surface area contributed by atoms with E-state index in [0.717, 1.165) is 42.7 Å². The molecule has 1 aliphatic carbocycles. The summed E-state index contributed by atoms with van der Waals surface area (Å²) in [6.07, 6.45) is 8.51. The topological polar surface area (TPSA) is 34.2 Å². The summed E-state index contributed by atoms with van der Waals surface area (Å²) in [4.78, 5) is 4.69. The van der Waals surface area contributed by atoms with Gasteiger partial charge in [-0.05, 0) is 58.0 Å². The van der Waals surface area contributed by atoms with E-state index in [4.69, 9.17) is 9.72 Å². The first kappa shape index (κ1) is 16.3. The Bertz CT molecular complexity index is 459. The van der Waals surface area contributed by atoms with E-state index in [0.29, 0.717) is 0 Å². The van der Waals surface area contributed by atoms with Gasteiger partial charge in [-0.15, -0.1) is 0 Å². The number of pyridine rings is 1. The molecule has 0 radical (unpaired) electrons. The van der Waals surface area contributed by atoms with Gasteiger partial charge < -0.3 is 10.1 Å². The number of aromatic nitrogens is 1. The van der Waals surface area contributed by atoms with Gasteiger partial charge in [0, 0.05) is 23.0 Å². The fourth-order valence-corrected chi connectivity index (χ4v) is 3.68. The van der Waals surface area contributed by atoms with E-state index in [2.05, 4.69) is 26.1 Å². The predicted molar refractivity (Wildman–Crippen MR) is 88.0 cm³/mol. The molecule has 1 saturated carbocycles. The quantitative estimate of drug-likeness (QED) is 0.868. The first-order chi connectivity index (χ1) is 10.2. The molecule has 1 heterocycles. The molecule has 3 nitrogen and oxygen atoms in total. The van der Waals surface area contributed by atoms with Crippen molar-refractivity contribution >= 4 is 0 Å². The molecule has 0 bridgehead atoms. The van der Waals surface area contributed by atoms with E-state index < -0.39 is 0 Å². The van der Waals surface area contributed by atoms with Gasteiger partial charge in [-0.25, -0.2) is 0 Å². The van der Waals surface area contributed by atoms with Crippen LogP contribution >= 0.6 is 0 Å². The van der Waals surface area contributed by atoms with Crippen molar-refractivity contribution in [3.05, 3.63) is 23.0 Å². The molecule has 1 aromatic heterocycles. The molecule has 1 aliphatic rings. The van der Waals surface area contributed by atoms with E-state index in [-0.39, 0.29) is 0 Å². The van der Waals surface area contributed by atoms with Gasteiger partial charge >= 0.3 is 0 Å². The standard InChI is InChI=1S/C18H30N2O/c1-5-19-12-16-9-7-6-8-15(16)10-17-14(3)18(21-4)13(2)11-20-17/h11,15-16,19H,5-10,12H2,1-4H3. The summed E-state index contributed by atoms with van der Waals surface area (Å²) in [5.41, 5.74) is 3.59. The molecule has 0 saturated heterocycles. The number of methoxy groups -OCH3 is 1. The van der Waals surface area contributed by atoms with Gasteiger partial charge in [0.05, 0.1) is 7.11 Å². The summed E-state index contributed by atoms with van der Waals surface area (Å²) in [6, 6.07) is 0. The number of nitrogens with one attached hydrogen (secondary N) is 1. The van der Waals surface area contributed by atoms with Crippen LogP contribution in [-0.4, -0.2) is 25.2 Å². The van der Waals surface area contributed by atoms with E-state index in [1.54, 1.807) is 7.11 Å². The van der Waals surface area contributed by atoms with Gasteiger partial charge in [-0.1, -0.05) is 19.8 Å². The molecule has 3 heteroatoms. The average Bonchev–Trinajstić information content (AvgIpc) is 2.50. The van der Waals surface area contributed by atoms with Gasteiger partial charge in [0.1, 0.15) is 5.75 Å². The van der Waals surface area contributed by atoms with Crippen LogP contribution < -0.4 is 10.1 Å². The van der Waals surface area contributed by atoms with Crippen LogP contribution in [0.2, 0.25) is 0 Å². The Kier molecular flexibility index (Phi) is 6.04. The SMILES string of the molecule is CCNCC1CCCCC1Cc1ncc(C)c(OC)c1C. The molecule has 2 unspecified atom stereocenters. The molecule has 0 amide bonds. The smallest absolute Gasteiger partial charge is 0.128 e. The highest BCUT2D eigenvalue weighted by atomic mass is 16.5. The van der Waals surface area contributed by atoms with Crippen LogP contribution in [0.5, 0.6) is 5.75 Å². The Morgan fingerprint density at radius 1 is 1.24 bits per heavy atom. The summed E-state index contributed by atoms with van der Waals surface area (Å²) >= 11 is 0. The minimum absolute atomic E-state index is 0.761. The van der Waals surface area contributed by atoms with E-state index in [1.165, 1.54) is 36.9 Å². The Morgan fingerprint density at radius 2 is 1.95 bits per heavy atom. The lowest BCUT2D eigenvalue weighted by molar-refractivity contribution is 0.228. The monoisotopic (exact) mass is 290 g/mol. The lowest BCUT2D eigenvalue weighted by Gasteiger charge is -2.32. The molecule has 1 aromatic rings. The normalized spacial score (nSPS) is 22.3. The maximum atomic E-state index is 5.54. The number of hydrogen-bond acceptors (Lipinski definition) is 3. The third-order valence-corrected chi connectivity index (χ3v) is 4.93. The minimum Gasteiger partial charge on any atom is -0.496 e. The highest BCUT2D eigenvalue weighted by Gasteiger charge is 2.26. The van der Waals surface area contributed by atoms with Crippen molar-refractivity contribution in [1.29, 1.82) is 0 Å². The highest BCUT2D eigenvalue weighted by molar-refractivity contribution is 5.41. The van der Waals surface area contributed by atoms with Crippen molar-refractivity contribution in [3.8, 4) is 5.75 Å². The van der Waals surface area contributed by atoms with Crippen LogP contribution in [0.3, 0.4) is 0 Å². The predicted octanol–water partition coefficient (Wildman–Crippen LogP) is 3.67. The summed E-state index contributed by atoms with van der Waals surface area (Å²) < 4.78 is 5.54. The van der Waals surface area contributed by atoms with Crippen LogP contribution in [-0.2, 0) is 6.42 Å². The third kappa shape index (κ3) is 3.97. The van der Waals surface area contributed by atoms with Gasteiger partial charge in [0.2, 0.25) is 0 Å². The zero-order valence-electron chi connectivity index (χ0n) is 14.0. The highest BCUT2D eigenvalue weighted by Crippen LogP contribution is 2.34. The minimum atomic E-state index is 0.761. The van der Waals surface area contributed by atoms with Gasteiger partial charge in [-0.3, -0.25) is 4.98 Å². The van der Waals surface area contributed by atoms with Crippen molar-refractivity contribution in [3.63, 3.8) is 0 Å². The fraction of sp³-hybridized carbons (Fsp3) is 0.722. The first-order valence-corrected chi connectivity index (χ1v) is 8.37. The van der Waals surface area contributed by atoms with E-state index >= 15 is 0 Å². The lowest BCUT2D eigenvalue weighted by atomic mass is 9.76. The summed E-state index contributed by atoms with van der Waals surface area (Å²) in [5, 5.41) is 3.53. The molecule has 118 valence electrons. The summed E-state index contributed by atoms with van der Waals surface area (Å²) in [6.45, 7) is 8.63. The molecule has 0 spiro atoms. The van der Waals surface area contributed by atoms with Crippen molar-refractivity contribution < 1.29 is 4.74 Å². The van der Waals surface area contributed by atoms with Crippen LogP contribution in [0.15, 0.2) is 6.20 Å². The van der Waals surface area contributed by atoms with E-state index in [9.17, 15) is 0 Å². The van der Waals surface area contributed by atoms with Crippen LogP contribution in [0.4, 0.5) is 0 Å². The van der Waals surface area contributed by atoms with E-state index in [1.807, 2.05) is 6.20 Å². The maximum absolute atomic E-state index is 5.54. The largest absolute Gasteiger partial charge is 0.496 e. The van der Waals surface area contributed by atoms with Crippen molar-refractivity contribution in [2.75, 3.05) is 20.2 Å². The van der Waals surface area contributed by atoms with Crippen LogP contribution in [0, 0.1) is 25.7 Å². The molecule has 2 rings (SSSR count). The maximum Gasteiger partial charge on any atom is 0.128 e. The molecular formula is C18H30N2O. The molecular weight excluding hydrogens is 260 g/mol.